The molecule has 1 amide bonds. The highest BCUT2D eigenvalue weighted by atomic mass is 16.5. The summed E-state index contributed by atoms with van der Waals surface area (Å²) in [5.74, 6) is 1.26. The number of aromatic nitrogens is 4. The predicted molar refractivity (Wildman–Crippen MR) is 89.0 cm³/mol. The maximum Gasteiger partial charge on any atom is 0.223 e. The third kappa shape index (κ3) is 3.40. The number of amides is 1. The Labute approximate surface area is 139 Å². The van der Waals surface area contributed by atoms with E-state index in [1.165, 1.54) is 6.92 Å². The van der Waals surface area contributed by atoms with Crippen LogP contribution in [-0.4, -0.2) is 33.2 Å². The van der Waals surface area contributed by atoms with E-state index in [1.807, 2.05) is 54.6 Å². The fraction of sp³-hybridized carbons (Fsp3) is 0.176. The molecule has 0 aliphatic rings. The van der Waals surface area contributed by atoms with Crippen LogP contribution in [0.2, 0.25) is 0 Å². The number of carbonyl (C=O) groups is 1. The van der Waals surface area contributed by atoms with Crippen molar-refractivity contribution < 1.29 is 9.53 Å². The number of nitrogens with zero attached hydrogens (tertiary/aromatic N) is 5. The number of rotatable bonds is 5. The fourth-order valence-electron chi connectivity index (χ4n) is 2.16. The minimum atomic E-state index is -0.0225. The average Bonchev–Trinajstić information content (AvgIpc) is 3.09. The molecule has 0 aliphatic carbocycles. The molecule has 0 unspecified atom stereocenters. The van der Waals surface area contributed by atoms with Crippen molar-refractivity contribution in [3.63, 3.8) is 0 Å². The second-order valence-electron chi connectivity index (χ2n) is 5.20. The van der Waals surface area contributed by atoms with Gasteiger partial charge in [0.2, 0.25) is 5.91 Å². The van der Waals surface area contributed by atoms with Crippen LogP contribution < -0.4 is 9.64 Å². The summed E-state index contributed by atoms with van der Waals surface area (Å²) in [6, 6.07) is 16.9. The molecule has 0 bridgehead atoms. The van der Waals surface area contributed by atoms with E-state index < -0.39 is 0 Å². The summed E-state index contributed by atoms with van der Waals surface area (Å²) in [5, 5.41) is 11.7. The van der Waals surface area contributed by atoms with Crippen LogP contribution in [0.15, 0.2) is 54.6 Å². The number of carbonyl (C=O) groups excluding carboxylic acids is 1. The number of hydrogen-bond acceptors (Lipinski definition) is 5. The Morgan fingerprint density at radius 2 is 1.83 bits per heavy atom. The standard InChI is InChI=1S/C17H17N5O2/c1-13(23)21(2)14-8-10-16(11-9-14)24-12-17-18-19-20-22(17)15-6-4-3-5-7-15/h3-11H,12H2,1-2H3. The van der Waals surface area contributed by atoms with Gasteiger partial charge in [-0.1, -0.05) is 18.2 Å². The molecule has 1 heterocycles. The van der Waals surface area contributed by atoms with Gasteiger partial charge in [-0.25, -0.2) is 0 Å². The number of ether oxygens (including phenoxy) is 1. The van der Waals surface area contributed by atoms with Crippen LogP contribution in [0.5, 0.6) is 5.75 Å². The second kappa shape index (κ2) is 6.91. The Balaban J connectivity index is 1.69. The molecule has 0 saturated heterocycles. The van der Waals surface area contributed by atoms with E-state index in [2.05, 4.69) is 15.5 Å². The van der Waals surface area contributed by atoms with Gasteiger partial charge in [0.25, 0.3) is 0 Å². The maximum atomic E-state index is 11.4. The van der Waals surface area contributed by atoms with Crippen molar-refractivity contribution in [3.8, 4) is 11.4 Å². The minimum Gasteiger partial charge on any atom is -0.486 e. The van der Waals surface area contributed by atoms with Gasteiger partial charge in [0, 0.05) is 19.7 Å². The predicted octanol–water partition coefficient (Wildman–Crippen LogP) is 2.22. The second-order valence-corrected chi connectivity index (χ2v) is 5.20. The summed E-state index contributed by atoms with van der Waals surface area (Å²) in [4.78, 5) is 12.9. The molecule has 0 aliphatic heterocycles. The van der Waals surface area contributed by atoms with Crippen molar-refractivity contribution >= 4 is 11.6 Å². The third-order valence-corrected chi connectivity index (χ3v) is 3.60. The first-order valence-corrected chi connectivity index (χ1v) is 7.45. The fourth-order valence-corrected chi connectivity index (χ4v) is 2.16. The van der Waals surface area contributed by atoms with Gasteiger partial charge < -0.3 is 9.64 Å². The molecule has 7 heteroatoms. The summed E-state index contributed by atoms with van der Waals surface area (Å²) in [6.07, 6.45) is 0. The first kappa shape index (κ1) is 15.7. The molecule has 0 N–H and O–H groups in total. The van der Waals surface area contributed by atoms with E-state index in [4.69, 9.17) is 4.74 Å². The third-order valence-electron chi connectivity index (χ3n) is 3.60. The first-order valence-electron chi connectivity index (χ1n) is 7.45. The van der Waals surface area contributed by atoms with E-state index in [0.717, 1.165) is 11.4 Å². The largest absolute Gasteiger partial charge is 0.486 e. The molecule has 2 aromatic carbocycles. The average molecular weight is 323 g/mol. The lowest BCUT2D eigenvalue weighted by Crippen LogP contribution is -2.22. The Morgan fingerprint density at radius 3 is 2.50 bits per heavy atom. The molecule has 0 fully saturated rings. The van der Waals surface area contributed by atoms with Crippen LogP contribution in [0.4, 0.5) is 5.69 Å². The Bertz CT molecular complexity index is 815. The lowest BCUT2D eigenvalue weighted by molar-refractivity contribution is -0.116. The highest BCUT2D eigenvalue weighted by Gasteiger charge is 2.09. The van der Waals surface area contributed by atoms with Gasteiger partial charge in [0.15, 0.2) is 5.82 Å². The zero-order chi connectivity index (χ0) is 16.9. The van der Waals surface area contributed by atoms with Crippen LogP contribution >= 0.6 is 0 Å². The molecule has 0 saturated carbocycles. The SMILES string of the molecule is CC(=O)N(C)c1ccc(OCc2nnnn2-c2ccccc2)cc1. The van der Waals surface area contributed by atoms with Gasteiger partial charge in [-0.2, -0.15) is 4.68 Å². The van der Waals surface area contributed by atoms with Crippen LogP contribution in [0.1, 0.15) is 12.7 Å². The van der Waals surface area contributed by atoms with E-state index in [0.29, 0.717) is 11.6 Å². The number of benzene rings is 2. The Kier molecular flexibility index (Phi) is 4.51. The zero-order valence-corrected chi connectivity index (χ0v) is 13.5. The Morgan fingerprint density at radius 1 is 1.12 bits per heavy atom. The number of anilines is 1. The summed E-state index contributed by atoms with van der Waals surface area (Å²) in [6.45, 7) is 1.76. The summed E-state index contributed by atoms with van der Waals surface area (Å²) < 4.78 is 7.38. The smallest absolute Gasteiger partial charge is 0.223 e. The molecule has 0 radical (unpaired) electrons. The van der Waals surface area contributed by atoms with Crippen molar-refractivity contribution in [1.82, 2.24) is 20.2 Å². The monoisotopic (exact) mass is 323 g/mol. The van der Waals surface area contributed by atoms with Crippen LogP contribution in [0.25, 0.3) is 5.69 Å². The lowest BCUT2D eigenvalue weighted by Gasteiger charge is -2.15. The van der Waals surface area contributed by atoms with E-state index in [-0.39, 0.29) is 12.5 Å². The molecular weight excluding hydrogens is 306 g/mol. The molecule has 24 heavy (non-hydrogen) atoms. The van der Waals surface area contributed by atoms with Gasteiger partial charge in [0.1, 0.15) is 12.4 Å². The summed E-state index contributed by atoms with van der Waals surface area (Å²) in [5.41, 5.74) is 1.68. The zero-order valence-electron chi connectivity index (χ0n) is 13.5. The van der Waals surface area contributed by atoms with Gasteiger partial charge in [-0.3, -0.25) is 4.79 Å². The molecular formula is C17H17N5O2. The highest BCUT2D eigenvalue weighted by Crippen LogP contribution is 2.19. The number of para-hydroxylation sites is 1. The van der Waals surface area contributed by atoms with Crippen molar-refractivity contribution in [3.05, 3.63) is 60.4 Å². The van der Waals surface area contributed by atoms with Crippen LogP contribution in [0.3, 0.4) is 0 Å². The topological polar surface area (TPSA) is 73.1 Å². The van der Waals surface area contributed by atoms with E-state index in [9.17, 15) is 4.79 Å². The quantitative estimate of drug-likeness (QED) is 0.720. The normalized spacial score (nSPS) is 10.4. The van der Waals surface area contributed by atoms with Gasteiger partial charge in [0.05, 0.1) is 5.69 Å². The number of tetrazole rings is 1. The minimum absolute atomic E-state index is 0.0225. The Hall–Kier alpha value is -3.22. The molecule has 7 nitrogen and oxygen atoms in total. The van der Waals surface area contributed by atoms with Gasteiger partial charge >= 0.3 is 0 Å². The molecule has 3 aromatic rings. The molecule has 3 rings (SSSR count). The van der Waals surface area contributed by atoms with Crippen molar-refractivity contribution in [2.45, 2.75) is 13.5 Å². The molecule has 0 spiro atoms. The van der Waals surface area contributed by atoms with Crippen molar-refractivity contribution in [1.29, 1.82) is 0 Å². The number of hydrogen-bond donors (Lipinski definition) is 0. The lowest BCUT2D eigenvalue weighted by atomic mass is 10.3. The van der Waals surface area contributed by atoms with E-state index in [1.54, 1.807) is 16.6 Å². The highest BCUT2D eigenvalue weighted by molar-refractivity contribution is 5.90. The summed E-state index contributed by atoms with van der Waals surface area (Å²) in [7, 11) is 1.73. The van der Waals surface area contributed by atoms with Gasteiger partial charge in [-0.15, -0.1) is 5.10 Å². The maximum absolute atomic E-state index is 11.4. The van der Waals surface area contributed by atoms with Crippen LogP contribution in [-0.2, 0) is 11.4 Å². The molecule has 1 aromatic heterocycles. The molecule has 122 valence electrons. The van der Waals surface area contributed by atoms with Crippen molar-refractivity contribution in [2.24, 2.45) is 0 Å². The van der Waals surface area contributed by atoms with Gasteiger partial charge in [-0.05, 0) is 46.8 Å². The molecule has 0 atom stereocenters. The van der Waals surface area contributed by atoms with Crippen LogP contribution in [0, 0.1) is 0 Å². The first-order chi connectivity index (χ1) is 11.6. The van der Waals surface area contributed by atoms with E-state index >= 15 is 0 Å². The summed E-state index contributed by atoms with van der Waals surface area (Å²) >= 11 is 0. The van der Waals surface area contributed by atoms with Crippen molar-refractivity contribution in [2.75, 3.05) is 11.9 Å².